The van der Waals surface area contributed by atoms with Crippen molar-refractivity contribution in [2.45, 2.75) is 5.16 Å². The smallest absolute Gasteiger partial charge is 0.269 e. The molecule has 0 spiro atoms. The zero-order chi connectivity index (χ0) is 23.0. The molecule has 4 aromatic rings. The lowest BCUT2D eigenvalue weighted by atomic mass is 10.0. The lowest BCUT2D eigenvalue weighted by molar-refractivity contribution is -0.119. The van der Waals surface area contributed by atoms with Gasteiger partial charge in [-0.3, -0.25) is 20.4 Å². The Morgan fingerprint density at radius 2 is 1.36 bits per heavy atom. The third kappa shape index (κ3) is 5.94. The van der Waals surface area contributed by atoms with Crippen LogP contribution in [0.2, 0.25) is 5.02 Å². The first-order chi connectivity index (χ1) is 16.1. The monoisotopic (exact) mass is 475 g/mol. The van der Waals surface area contributed by atoms with Crippen LogP contribution in [0.3, 0.4) is 0 Å². The van der Waals surface area contributed by atoms with Crippen LogP contribution in [0.4, 0.5) is 0 Å². The molecule has 33 heavy (non-hydrogen) atoms. The maximum absolute atomic E-state index is 12.2. The Bertz CT molecular complexity index is 1260. The van der Waals surface area contributed by atoms with Crippen molar-refractivity contribution in [1.82, 2.24) is 26.0 Å². The number of thioether (sulfide) groups is 1. The first-order valence-electron chi connectivity index (χ1n) is 9.93. The fraction of sp³-hybridized carbons (Fsp3) is 0.0417. The minimum absolute atomic E-state index is 0.00148. The largest absolute Gasteiger partial charge is 0.272 e. The maximum atomic E-state index is 12.2. The van der Waals surface area contributed by atoms with E-state index in [2.05, 4.69) is 26.0 Å². The van der Waals surface area contributed by atoms with Gasteiger partial charge in [0.05, 0.1) is 5.75 Å². The minimum atomic E-state index is -0.443. The second kappa shape index (κ2) is 10.7. The molecule has 2 N–H and O–H groups in total. The SMILES string of the molecule is O=C(CSc1nnc(-c2ccccc2)c(-c2ccccc2)n1)NNC(=O)c1ccc(Cl)cc1. The van der Waals surface area contributed by atoms with Gasteiger partial charge in [-0.25, -0.2) is 4.98 Å². The topological polar surface area (TPSA) is 96.9 Å². The molecule has 0 aliphatic heterocycles. The molecule has 4 rings (SSSR count). The second-order valence-electron chi connectivity index (χ2n) is 6.82. The number of hydrogen-bond donors (Lipinski definition) is 2. The van der Waals surface area contributed by atoms with Crippen molar-refractivity contribution in [2.75, 3.05) is 5.75 Å². The number of benzene rings is 3. The van der Waals surface area contributed by atoms with Crippen LogP contribution >= 0.6 is 23.4 Å². The Morgan fingerprint density at radius 3 is 2.00 bits per heavy atom. The number of amides is 2. The number of halogens is 1. The van der Waals surface area contributed by atoms with Crippen molar-refractivity contribution >= 4 is 35.2 Å². The number of nitrogens with zero attached hydrogens (tertiary/aromatic N) is 3. The Labute approximate surface area is 199 Å². The van der Waals surface area contributed by atoms with Crippen molar-refractivity contribution in [3.63, 3.8) is 0 Å². The van der Waals surface area contributed by atoms with E-state index in [1.54, 1.807) is 24.3 Å². The van der Waals surface area contributed by atoms with E-state index in [-0.39, 0.29) is 5.75 Å². The van der Waals surface area contributed by atoms with Crippen molar-refractivity contribution in [1.29, 1.82) is 0 Å². The Balaban J connectivity index is 1.43. The van der Waals surface area contributed by atoms with Crippen LogP contribution in [-0.4, -0.2) is 32.7 Å². The molecule has 0 saturated carbocycles. The van der Waals surface area contributed by atoms with Gasteiger partial charge in [-0.1, -0.05) is 84.0 Å². The Kier molecular flexibility index (Phi) is 7.29. The van der Waals surface area contributed by atoms with Gasteiger partial charge in [0, 0.05) is 21.7 Å². The van der Waals surface area contributed by atoms with Crippen LogP contribution in [0.1, 0.15) is 10.4 Å². The first kappa shape index (κ1) is 22.4. The molecular weight excluding hydrogens is 458 g/mol. The normalized spacial score (nSPS) is 10.5. The molecule has 0 bridgehead atoms. The highest BCUT2D eigenvalue weighted by Gasteiger charge is 2.15. The second-order valence-corrected chi connectivity index (χ2v) is 8.20. The molecule has 164 valence electrons. The van der Waals surface area contributed by atoms with Crippen molar-refractivity contribution in [3.8, 4) is 22.5 Å². The van der Waals surface area contributed by atoms with E-state index in [9.17, 15) is 9.59 Å². The summed E-state index contributed by atoms with van der Waals surface area (Å²) in [4.78, 5) is 29.0. The number of nitrogens with one attached hydrogen (secondary N) is 2. The van der Waals surface area contributed by atoms with Gasteiger partial charge in [0.25, 0.3) is 5.91 Å². The van der Waals surface area contributed by atoms with E-state index in [1.165, 1.54) is 0 Å². The van der Waals surface area contributed by atoms with Gasteiger partial charge in [0.1, 0.15) is 11.4 Å². The average molecular weight is 476 g/mol. The van der Waals surface area contributed by atoms with Crippen molar-refractivity contribution in [3.05, 3.63) is 95.5 Å². The van der Waals surface area contributed by atoms with Crippen molar-refractivity contribution < 1.29 is 9.59 Å². The lowest BCUT2D eigenvalue weighted by Crippen LogP contribution is -2.42. The molecule has 0 atom stereocenters. The quantitative estimate of drug-likeness (QED) is 0.316. The number of hydrogen-bond acceptors (Lipinski definition) is 6. The molecule has 0 aliphatic carbocycles. The average Bonchev–Trinajstić information content (AvgIpc) is 2.87. The Morgan fingerprint density at radius 1 is 0.758 bits per heavy atom. The Hall–Kier alpha value is -3.75. The fourth-order valence-corrected chi connectivity index (χ4v) is 3.64. The number of aromatic nitrogens is 3. The van der Waals surface area contributed by atoms with E-state index >= 15 is 0 Å². The van der Waals surface area contributed by atoms with Crippen LogP contribution in [0, 0.1) is 0 Å². The maximum Gasteiger partial charge on any atom is 0.269 e. The van der Waals surface area contributed by atoms with Crippen LogP contribution in [-0.2, 0) is 4.79 Å². The van der Waals surface area contributed by atoms with E-state index in [1.807, 2.05) is 60.7 Å². The molecule has 0 unspecified atom stereocenters. The number of hydrazine groups is 1. The van der Waals surface area contributed by atoms with Crippen LogP contribution in [0.25, 0.3) is 22.5 Å². The summed E-state index contributed by atoms with van der Waals surface area (Å²) in [5.74, 6) is -0.845. The predicted octanol–water partition coefficient (Wildman–Crippen LogP) is 4.41. The highest BCUT2D eigenvalue weighted by molar-refractivity contribution is 7.99. The highest BCUT2D eigenvalue weighted by Crippen LogP contribution is 2.29. The summed E-state index contributed by atoms with van der Waals surface area (Å²) < 4.78 is 0. The van der Waals surface area contributed by atoms with Gasteiger partial charge in [0.15, 0.2) is 0 Å². The van der Waals surface area contributed by atoms with E-state index in [0.717, 1.165) is 22.9 Å². The molecular formula is C24H18ClN5O2S. The third-order valence-electron chi connectivity index (χ3n) is 4.52. The summed E-state index contributed by atoms with van der Waals surface area (Å²) in [6.45, 7) is 0. The minimum Gasteiger partial charge on any atom is -0.272 e. The molecule has 0 radical (unpaired) electrons. The van der Waals surface area contributed by atoms with Gasteiger partial charge in [-0.15, -0.1) is 10.2 Å². The molecule has 7 nitrogen and oxygen atoms in total. The van der Waals surface area contributed by atoms with Gasteiger partial charge >= 0.3 is 0 Å². The summed E-state index contributed by atoms with van der Waals surface area (Å²) >= 11 is 6.94. The summed E-state index contributed by atoms with van der Waals surface area (Å²) in [6.07, 6.45) is 0. The molecule has 2 amide bonds. The molecule has 0 fully saturated rings. The summed E-state index contributed by atoms with van der Waals surface area (Å²) in [7, 11) is 0. The molecule has 1 aromatic heterocycles. The highest BCUT2D eigenvalue weighted by atomic mass is 35.5. The lowest BCUT2D eigenvalue weighted by Gasteiger charge is -2.10. The zero-order valence-electron chi connectivity index (χ0n) is 17.2. The molecule has 9 heteroatoms. The van der Waals surface area contributed by atoms with E-state index < -0.39 is 11.8 Å². The zero-order valence-corrected chi connectivity index (χ0v) is 18.8. The summed E-state index contributed by atoms with van der Waals surface area (Å²) in [5.41, 5.74) is 8.26. The number of carbonyl (C=O) groups excluding carboxylic acids is 2. The standard InChI is InChI=1S/C24H18ClN5O2S/c25-19-13-11-18(12-14-19)23(32)29-27-20(31)15-33-24-26-21(16-7-3-1-4-8-16)22(28-30-24)17-9-5-2-6-10-17/h1-14H,15H2,(H,27,31)(H,29,32). The van der Waals surface area contributed by atoms with Crippen LogP contribution < -0.4 is 10.9 Å². The number of rotatable bonds is 6. The number of carbonyl (C=O) groups is 2. The molecule has 1 heterocycles. The molecule has 3 aromatic carbocycles. The van der Waals surface area contributed by atoms with Gasteiger partial charge in [-0.05, 0) is 24.3 Å². The summed E-state index contributed by atoms with van der Waals surface area (Å²) in [5, 5.41) is 9.44. The van der Waals surface area contributed by atoms with Crippen LogP contribution in [0.15, 0.2) is 90.1 Å². The first-order valence-corrected chi connectivity index (χ1v) is 11.3. The van der Waals surface area contributed by atoms with E-state index in [4.69, 9.17) is 11.6 Å². The third-order valence-corrected chi connectivity index (χ3v) is 5.61. The van der Waals surface area contributed by atoms with Gasteiger partial charge < -0.3 is 0 Å². The van der Waals surface area contributed by atoms with Gasteiger partial charge in [-0.2, -0.15) is 0 Å². The molecule has 0 aliphatic rings. The van der Waals surface area contributed by atoms with E-state index in [0.29, 0.717) is 27.1 Å². The van der Waals surface area contributed by atoms with Gasteiger partial charge in [0.2, 0.25) is 11.1 Å². The summed E-state index contributed by atoms with van der Waals surface area (Å²) in [6, 6.07) is 25.7. The molecule has 0 saturated heterocycles. The fourth-order valence-electron chi connectivity index (χ4n) is 2.93. The van der Waals surface area contributed by atoms with Crippen molar-refractivity contribution in [2.24, 2.45) is 0 Å². The van der Waals surface area contributed by atoms with Crippen LogP contribution in [0.5, 0.6) is 0 Å². The predicted molar refractivity (Wildman–Crippen MR) is 128 cm³/mol.